The van der Waals surface area contributed by atoms with Crippen LogP contribution in [0.2, 0.25) is 5.02 Å². The molecule has 1 unspecified atom stereocenters. The zero-order valence-corrected chi connectivity index (χ0v) is 14.9. The zero-order chi connectivity index (χ0) is 17.1. The third kappa shape index (κ3) is 3.76. The average molecular weight is 364 g/mol. The summed E-state index contributed by atoms with van der Waals surface area (Å²) in [4.78, 5) is 31.0. The Bertz CT molecular complexity index is 762. The Hall–Kier alpha value is -1.92. The summed E-state index contributed by atoms with van der Waals surface area (Å²) < 4.78 is 0. The van der Waals surface area contributed by atoms with Gasteiger partial charge in [-0.15, -0.1) is 11.3 Å². The number of amides is 2. The van der Waals surface area contributed by atoms with Crippen molar-refractivity contribution in [2.45, 2.75) is 19.8 Å². The molecule has 7 heteroatoms. The van der Waals surface area contributed by atoms with Gasteiger partial charge in [0, 0.05) is 42.0 Å². The van der Waals surface area contributed by atoms with Gasteiger partial charge in [0.1, 0.15) is 0 Å². The van der Waals surface area contributed by atoms with Crippen LogP contribution in [-0.4, -0.2) is 34.8 Å². The molecule has 0 radical (unpaired) electrons. The fraction of sp³-hybridized carbons (Fsp3) is 0.353. The molecule has 1 N–H and O–H groups in total. The minimum Gasteiger partial charge on any atom is -0.342 e. The lowest BCUT2D eigenvalue weighted by atomic mass is 10.1. The number of benzene rings is 1. The van der Waals surface area contributed by atoms with E-state index in [2.05, 4.69) is 10.3 Å². The van der Waals surface area contributed by atoms with Crippen LogP contribution in [0.1, 0.15) is 23.8 Å². The van der Waals surface area contributed by atoms with Gasteiger partial charge >= 0.3 is 0 Å². The highest BCUT2D eigenvalue weighted by atomic mass is 35.5. The Morgan fingerprint density at radius 2 is 2.25 bits per heavy atom. The smallest absolute Gasteiger partial charge is 0.231 e. The number of halogens is 1. The number of hydrogen-bond acceptors (Lipinski definition) is 4. The molecule has 5 nitrogen and oxygen atoms in total. The van der Waals surface area contributed by atoms with Gasteiger partial charge in [-0.25, -0.2) is 4.98 Å². The van der Waals surface area contributed by atoms with Crippen LogP contribution in [0.4, 0.5) is 5.13 Å². The molecule has 1 aromatic heterocycles. The van der Waals surface area contributed by atoms with Crippen LogP contribution in [0.15, 0.2) is 30.5 Å². The number of likely N-dealkylation sites (tertiary alicyclic amines) is 1. The maximum Gasteiger partial charge on any atom is 0.231 e. The zero-order valence-electron chi connectivity index (χ0n) is 13.3. The van der Waals surface area contributed by atoms with Gasteiger partial charge in [-0.3, -0.25) is 9.59 Å². The number of carbonyl (C=O) groups is 2. The van der Waals surface area contributed by atoms with Gasteiger partial charge in [0.25, 0.3) is 0 Å². The molecule has 24 heavy (non-hydrogen) atoms. The van der Waals surface area contributed by atoms with Crippen LogP contribution in [0.25, 0.3) is 0 Å². The molecule has 2 heterocycles. The SMILES string of the molecule is CCN1CC(C(=O)Nc2ncc(Cc3ccccc3Cl)s2)CC1=O. The molecule has 0 bridgehead atoms. The van der Waals surface area contributed by atoms with Gasteiger partial charge in [-0.2, -0.15) is 0 Å². The van der Waals surface area contributed by atoms with E-state index in [1.54, 1.807) is 11.1 Å². The van der Waals surface area contributed by atoms with Gasteiger partial charge < -0.3 is 10.2 Å². The summed E-state index contributed by atoms with van der Waals surface area (Å²) in [7, 11) is 0. The minimum absolute atomic E-state index is 0.0381. The van der Waals surface area contributed by atoms with Gasteiger partial charge in [0.15, 0.2) is 5.13 Å². The van der Waals surface area contributed by atoms with E-state index >= 15 is 0 Å². The molecule has 1 aromatic carbocycles. The molecule has 1 fully saturated rings. The van der Waals surface area contributed by atoms with E-state index in [9.17, 15) is 9.59 Å². The topological polar surface area (TPSA) is 62.3 Å². The number of nitrogens with one attached hydrogen (secondary N) is 1. The lowest BCUT2D eigenvalue weighted by Gasteiger charge is -2.12. The van der Waals surface area contributed by atoms with Crippen molar-refractivity contribution in [3.8, 4) is 0 Å². The predicted molar refractivity (Wildman–Crippen MR) is 95.4 cm³/mol. The second-order valence-electron chi connectivity index (χ2n) is 5.72. The summed E-state index contributed by atoms with van der Waals surface area (Å²) >= 11 is 7.60. The number of rotatable bonds is 5. The molecule has 2 aromatic rings. The maximum absolute atomic E-state index is 12.3. The normalized spacial score (nSPS) is 17.3. The Morgan fingerprint density at radius 1 is 1.46 bits per heavy atom. The standard InChI is InChI=1S/C17H18ClN3O2S/c1-2-21-10-12(8-15(21)22)16(23)20-17-19-9-13(24-17)7-11-5-3-4-6-14(11)18/h3-6,9,12H,2,7-8,10H2,1H3,(H,19,20,23). The molecular weight excluding hydrogens is 346 g/mol. The van der Waals surface area contributed by atoms with E-state index in [1.165, 1.54) is 11.3 Å². The van der Waals surface area contributed by atoms with Gasteiger partial charge in [-0.05, 0) is 18.6 Å². The molecule has 126 valence electrons. The number of anilines is 1. The highest BCUT2D eigenvalue weighted by Gasteiger charge is 2.33. The summed E-state index contributed by atoms with van der Waals surface area (Å²) in [6.45, 7) is 3.04. The summed E-state index contributed by atoms with van der Waals surface area (Å²) in [6, 6.07) is 7.68. The van der Waals surface area contributed by atoms with Crippen molar-refractivity contribution in [3.05, 3.63) is 45.9 Å². The molecule has 1 saturated heterocycles. The first-order valence-corrected chi connectivity index (χ1v) is 9.03. The van der Waals surface area contributed by atoms with Crippen molar-refractivity contribution >= 4 is 39.9 Å². The van der Waals surface area contributed by atoms with Crippen molar-refractivity contribution in [2.75, 3.05) is 18.4 Å². The first kappa shape index (κ1) is 16.9. The van der Waals surface area contributed by atoms with E-state index in [1.807, 2.05) is 31.2 Å². The van der Waals surface area contributed by atoms with Gasteiger partial charge in [0.05, 0.1) is 5.92 Å². The van der Waals surface area contributed by atoms with Gasteiger partial charge in [-0.1, -0.05) is 29.8 Å². The van der Waals surface area contributed by atoms with Crippen LogP contribution < -0.4 is 5.32 Å². The molecule has 1 aliphatic rings. The lowest BCUT2D eigenvalue weighted by Crippen LogP contribution is -2.28. The third-order valence-corrected chi connectivity index (χ3v) is 5.35. The minimum atomic E-state index is -0.298. The molecule has 0 spiro atoms. The van der Waals surface area contributed by atoms with E-state index < -0.39 is 0 Å². The van der Waals surface area contributed by atoms with E-state index in [0.29, 0.717) is 24.6 Å². The van der Waals surface area contributed by atoms with E-state index in [0.717, 1.165) is 15.5 Å². The Labute approximate surface area is 149 Å². The first-order valence-electron chi connectivity index (χ1n) is 7.83. The summed E-state index contributed by atoms with van der Waals surface area (Å²) in [5.74, 6) is -0.400. The number of thiazole rings is 1. The van der Waals surface area contributed by atoms with E-state index in [4.69, 9.17) is 11.6 Å². The average Bonchev–Trinajstić information content (AvgIpc) is 3.16. The van der Waals surface area contributed by atoms with Crippen molar-refractivity contribution < 1.29 is 9.59 Å². The Kier molecular flexibility index (Phi) is 5.16. The van der Waals surface area contributed by atoms with Crippen LogP contribution in [0.3, 0.4) is 0 Å². The maximum atomic E-state index is 12.3. The quantitative estimate of drug-likeness (QED) is 0.887. The fourth-order valence-electron chi connectivity index (χ4n) is 2.74. The van der Waals surface area contributed by atoms with Crippen LogP contribution in [0.5, 0.6) is 0 Å². The fourth-order valence-corrected chi connectivity index (χ4v) is 3.78. The first-order chi connectivity index (χ1) is 11.6. The van der Waals surface area contributed by atoms with Gasteiger partial charge in [0.2, 0.25) is 11.8 Å². The highest BCUT2D eigenvalue weighted by Crippen LogP contribution is 2.26. The number of hydrogen-bond donors (Lipinski definition) is 1. The molecular formula is C17H18ClN3O2S. The number of aromatic nitrogens is 1. The molecule has 2 amide bonds. The highest BCUT2D eigenvalue weighted by molar-refractivity contribution is 7.15. The second-order valence-corrected chi connectivity index (χ2v) is 7.24. The van der Waals surface area contributed by atoms with Crippen molar-refractivity contribution in [3.63, 3.8) is 0 Å². The molecule has 1 atom stereocenters. The monoisotopic (exact) mass is 363 g/mol. The number of nitrogens with zero attached hydrogens (tertiary/aromatic N) is 2. The number of carbonyl (C=O) groups excluding carboxylic acids is 2. The van der Waals surface area contributed by atoms with E-state index in [-0.39, 0.29) is 24.2 Å². The molecule has 1 aliphatic heterocycles. The predicted octanol–water partition coefficient (Wildman–Crippen LogP) is 3.19. The summed E-state index contributed by atoms with van der Waals surface area (Å²) in [5.41, 5.74) is 1.03. The van der Waals surface area contributed by atoms with Crippen LogP contribution in [0, 0.1) is 5.92 Å². The Morgan fingerprint density at radius 3 is 2.96 bits per heavy atom. The molecule has 3 rings (SSSR count). The van der Waals surface area contributed by atoms with Crippen LogP contribution in [-0.2, 0) is 16.0 Å². The second kappa shape index (κ2) is 7.32. The summed E-state index contributed by atoms with van der Waals surface area (Å²) in [6.07, 6.45) is 2.71. The third-order valence-electron chi connectivity index (χ3n) is 4.07. The Balaban J connectivity index is 1.61. The van der Waals surface area contributed by atoms with Crippen molar-refractivity contribution in [2.24, 2.45) is 5.92 Å². The van der Waals surface area contributed by atoms with Crippen molar-refractivity contribution in [1.29, 1.82) is 0 Å². The lowest BCUT2D eigenvalue weighted by molar-refractivity contribution is -0.128. The van der Waals surface area contributed by atoms with Crippen molar-refractivity contribution in [1.82, 2.24) is 9.88 Å². The summed E-state index contributed by atoms with van der Waals surface area (Å²) in [5, 5.41) is 4.11. The largest absolute Gasteiger partial charge is 0.342 e. The van der Waals surface area contributed by atoms with Crippen LogP contribution >= 0.6 is 22.9 Å². The molecule has 0 aliphatic carbocycles. The molecule has 0 saturated carbocycles.